The van der Waals surface area contributed by atoms with Crippen LogP contribution in [0.2, 0.25) is 0 Å². The van der Waals surface area contributed by atoms with Crippen molar-refractivity contribution in [1.82, 2.24) is 9.80 Å². The molecule has 1 fully saturated rings. The third kappa shape index (κ3) is 3.80. The molecule has 146 valence electrons. The number of hydrogen-bond acceptors (Lipinski definition) is 4. The SMILES string of the molecule is COC(=O)c1ccc(-c2ccc3c(c2)CCN(CCN2CCCC2)C3=O)cc1. The van der Waals surface area contributed by atoms with Gasteiger partial charge in [0.2, 0.25) is 0 Å². The second-order valence-electron chi connectivity index (χ2n) is 7.53. The zero-order chi connectivity index (χ0) is 19.5. The van der Waals surface area contributed by atoms with Gasteiger partial charge in [-0.2, -0.15) is 0 Å². The molecule has 2 aliphatic rings. The van der Waals surface area contributed by atoms with Crippen LogP contribution in [0.1, 0.15) is 39.1 Å². The number of fused-ring (bicyclic) bond motifs is 1. The van der Waals surface area contributed by atoms with E-state index in [4.69, 9.17) is 4.74 Å². The molecule has 1 amide bonds. The Morgan fingerprint density at radius 2 is 1.68 bits per heavy atom. The predicted octanol–water partition coefficient (Wildman–Crippen LogP) is 3.23. The summed E-state index contributed by atoms with van der Waals surface area (Å²) in [6.07, 6.45) is 3.44. The van der Waals surface area contributed by atoms with E-state index in [-0.39, 0.29) is 11.9 Å². The molecule has 4 rings (SSSR count). The Labute approximate surface area is 165 Å². The van der Waals surface area contributed by atoms with Gasteiger partial charge in [-0.1, -0.05) is 24.3 Å². The number of ether oxygens (including phenoxy) is 1. The number of methoxy groups -OCH3 is 1. The van der Waals surface area contributed by atoms with Crippen LogP contribution in [0.15, 0.2) is 42.5 Å². The van der Waals surface area contributed by atoms with Gasteiger partial charge in [0, 0.05) is 25.2 Å². The third-order valence-electron chi connectivity index (χ3n) is 5.80. The van der Waals surface area contributed by atoms with Crippen LogP contribution in [0.4, 0.5) is 0 Å². The molecule has 0 saturated carbocycles. The number of hydrogen-bond donors (Lipinski definition) is 0. The minimum Gasteiger partial charge on any atom is -0.465 e. The summed E-state index contributed by atoms with van der Waals surface area (Å²) in [5, 5.41) is 0. The Morgan fingerprint density at radius 3 is 2.39 bits per heavy atom. The molecular formula is C23H26N2O3. The van der Waals surface area contributed by atoms with Crippen molar-refractivity contribution in [1.29, 1.82) is 0 Å². The molecule has 5 heteroatoms. The second kappa shape index (κ2) is 8.15. The van der Waals surface area contributed by atoms with Gasteiger partial charge in [0.1, 0.15) is 0 Å². The zero-order valence-corrected chi connectivity index (χ0v) is 16.3. The Morgan fingerprint density at radius 1 is 0.964 bits per heavy atom. The Hall–Kier alpha value is -2.66. The standard InChI is InChI=1S/C23H26N2O3/c1-28-23(27)18-6-4-17(5-7-18)19-8-9-21-20(16-19)10-13-25(22(21)26)15-14-24-11-2-3-12-24/h4-9,16H,2-3,10-15H2,1H3. The van der Waals surface area contributed by atoms with Crippen LogP contribution in [0.5, 0.6) is 0 Å². The topological polar surface area (TPSA) is 49.9 Å². The first-order valence-electron chi connectivity index (χ1n) is 9.99. The summed E-state index contributed by atoms with van der Waals surface area (Å²) in [5.74, 6) is -0.190. The van der Waals surface area contributed by atoms with E-state index in [1.165, 1.54) is 20.0 Å². The van der Waals surface area contributed by atoms with Crippen molar-refractivity contribution in [2.24, 2.45) is 0 Å². The first kappa shape index (κ1) is 18.7. The van der Waals surface area contributed by atoms with Crippen molar-refractivity contribution in [2.75, 3.05) is 39.8 Å². The Kier molecular flexibility index (Phi) is 5.44. The van der Waals surface area contributed by atoms with Gasteiger partial charge in [0.25, 0.3) is 5.91 Å². The number of nitrogens with zero attached hydrogens (tertiary/aromatic N) is 2. The monoisotopic (exact) mass is 378 g/mol. The van der Waals surface area contributed by atoms with Crippen LogP contribution in [0, 0.1) is 0 Å². The molecule has 0 atom stereocenters. The first-order valence-corrected chi connectivity index (χ1v) is 9.99. The molecule has 0 unspecified atom stereocenters. The van der Waals surface area contributed by atoms with Crippen molar-refractivity contribution < 1.29 is 14.3 Å². The van der Waals surface area contributed by atoms with E-state index in [0.29, 0.717) is 5.56 Å². The van der Waals surface area contributed by atoms with Crippen LogP contribution in [-0.4, -0.2) is 61.5 Å². The molecule has 2 heterocycles. The number of benzene rings is 2. The lowest BCUT2D eigenvalue weighted by molar-refractivity contribution is 0.0600. The molecule has 28 heavy (non-hydrogen) atoms. The van der Waals surface area contributed by atoms with Crippen molar-refractivity contribution in [3.63, 3.8) is 0 Å². The summed E-state index contributed by atoms with van der Waals surface area (Å²) < 4.78 is 4.75. The lowest BCUT2D eigenvalue weighted by Crippen LogP contribution is -2.42. The summed E-state index contributed by atoms with van der Waals surface area (Å²) in [6.45, 7) is 4.90. The van der Waals surface area contributed by atoms with Gasteiger partial charge in [0.05, 0.1) is 12.7 Å². The molecule has 2 aliphatic heterocycles. The highest BCUT2D eigenvalue weighted by molar-refractivity contribution is 5.97. The highest BCUT2D eigenvalue weighted by Gasteiger charge is 2.25. The number of likely N-dealkylation sites (tertiary alicyclic amines) is 1. The van der Waals surface area contributed by atoms with Crippen LogP contribution >= 0.6 is 0 Å². The van der Waals surface area contributed by atoms with Crippen LogP contribution in [0.25, 0.3) is 11.1 Å². The normalized spacial score (nSPS) is 16.9. The second-order valence-corrected chi connectivity index (χ2v) is 7.53. The molecule has 0 N–H and O–H groups in total. The average molecular weight is 378 g/mol. The summed E-state index contributed by atoms with van der Waals surface area (Å²) >= 11 is 0. The minimum atomic E-state index is -0.336. The number of esters is 1. The molecule has 2 aromatic carbocycles. The van der Waals surface area contributed by atoms with E-state index < -0.39 is 0 Å². The molecule has 0 aromatic heterocycles. The molecule has 2 aromatic rings. The highest BCUT2D eigenvalue weighted by atomic mass is 16.5. The fourth-order valence-electron chi connectivity index (χ4n) is 4.11. The van der Waals surface area contributed by atoms with E-state index in [2.05, 4.69) is 11.0 Å². The largest absolute Gasteiger partial charge is 0.465 e. The Balaban J connectivity index is 1.47. The molecular weight excluding hydrogens is 352 g/mol. The van der Waals surface area contributed by atoms with Gasteiger partial charge < -0.3 is 14.5 Å². The third-order valence-corrected chi connectivity index (χ3v) is 5.80. The quantitative estimate of drug-likeness (QED) is 0.750. The number of carbonyl (C=O) groups excluding carboxylic acids is 2. The van der Waals surface area contributed by atoms with Crippen molar-refractivity contribution in [2.45, 2.75) is 19.3 Å². The summed E-state index contributed by atoms with van der Waals surface area (Å²) in [5.41, 5.74) is 4.56. The van der Waals surface area contributed by atoms with Crippen molar-refractivity contribution >= 4 is 11.9 Å². The fraction of sp³-hybridized carbons (Fsp3) is 0.391. The van der Waals surface area contributed by atoms with Gasteiger partial charge in [-0.05, 0) is 67.2 Å². The highest BCUT2D eigenvalue weighted by Crippen LogP contribution is 2.27. The summed E-state index contributed by atoms with van der Waals surface area (Å²) in [4.78, 5) is 28.9. The van der Waals surface area contributed by atoms with Crippen molar-refractivity contribution in [3.8, 4) is 11.1 Å². The van der Waals surface area contributed by atoms with E-state index >= 15 is 0 Å². The molecule has 1 saturated heterocycles. The lowest BCUT2D eigenvalue weighted by atomic mass is 9.94. The molecule has 0 radical (unpaired) electrons. The van der Waals surface area contributed by atoms with Crippen molar-refractivity contribution in [3.05, 3.63) is 59.2 Å². The van der Waals surface area contributed by atoms with Gasteiger partial charge in [0.15, 0.2) is 0 Å². The summed E-state index contributed by atoms with van der Waals surface area (Å²) in [7, 11) is 1.38. The molecule has 0 aliphatic carbocycles. The maximum atomic E-state index is 12.9. The van der Waals surface area contributed by atoms with Gasteiger partial charge in [-0.15, -0.1) is 0 Å². The van der Waals surface area contributed by atoms with Crippen LogP contribution in [-0.2, 0) is 11.2 Å². The Bertz CT molecular complexity index is 870. The van der Waals surface area contributed by atoms with E-state index in [0.717, 1.165) is 61.4 Å². The van der Waals surface area contributed by atoms with Crippen LogP contribution < -0.4 is 0 Å². The van der Waals surface area contributed by atoms with Gasteiger partial charge in [-0.3, -0.25) is 4.79 Å². The van der Waals surface area contributed by atoms with E-state index in [1.807, 2.05) is 29.2 Å². The maximum absolute atomic E-state index is 12.9. The summed E-state index contributed by atoms with van der Waals surface area (Å²) in [6, 6.07) is 13.4. The lowest BCUT2D eigenvalue weighted by Gasteiger charge is -2.30. The number of amides is 1. The van der Waals surface area contributed by atoms with Crippen LogP contribution in [0.3, 0.4) is 0 Å². The average Bonchev–Trinajstić information content (AvgIpc) is 3.26. The maximum Gasteiger partial charge on any atom is 0.337 e. The predicted molar refractivity (Wildman–Crippen MR) is 108 cm³/mol. The van der Waals surface area contributed by atoms with Gasteiger partial charge in [-0.25, -0.2) is 4.79 Å². The van der Waals surface area contributed by atoms with E-state index in [1.54, 1.807) is 12.1 Å². The molecule has 0 bridgehead atoms. The first-order chi connectivity index (χ1) is 13.7. The number of rotatable bonds is 5. The smallest absolute Gasteiger partial charge is 0.337 e. The number of carbonyl (C=O) groups is 2. The zero-order valence-electron chi connectivity index (χ0n) is 16.3. The molecule has 5 nitrogen and oxygen atoms in total. The van der Waals surface area contributed by atoms with Gasteiger partial charge >= 0.3 is 5.97 Å². The van der Waals surface area contributed by atoms with E-state index in [9.17, 15) is 9.59 Å². The minimum absolute atomic E-state index is 0.146. The fourth-order valence-corrected chi connectivity index (χ4v) is 4.11. The molecule has 0 spiro atoms.